The van der Waals surface area contributed by atoms with Gasteiger partial charge in [0.05, 0.1) is 30.1 Å². The number of thioether (sulfide) groups is 1. The predicted molar refractivity (Wildman–Crippen MR) is 133 cm³/mol. The van der Waals surface area contributed by atoms with E-state index in [0.29, 0.717) is 33.9 Å². The number of carbonyl (C=O) groups is 3. The minimum Gasteiger partial charge on any atom is -0.493 e. The third-order valence-corrected chi connectivity index (χ3v) is 6.51. The molecule has 1 saturated heterocycles. The molecule has 1 aliphatic rings. The maximum Gasteiger partial charge on any atom is 0.373 e. The summed E-state index contributed by atoms with van der Waals surface area (Å²) in [6.45, 7) is 0.261. The highest BCUT2D eigenvalue weighted by atomic mass is 79.9. The molecule has 0 N–H and O–H groups in total. The maximum absolute atomic E-state index is 12.9. The molecule has 1 aromatic heterocycles. The van der Waals surface area contributed by atoms with Gasteiger partial charge in [0, 0.05) is 0 Å². The van der Waals surface area contributed by atoms with Gasteiger partial charge in [-0.3, -0.25) is 14.5 Å². The van der Waals surface area contributed by atoms with Crippen molar-refractivity contribution in [3.8, 4) is 11.5 Å². The first kappa shape index (κ1) is 24.6. The van der Waals surface area contributed by atoms with Crippen LogP contribution in [0.15, 0.2) is 68.4 Å². The lowest BCUT2D eigenvalue weighted by molar-refractivity contribution is -0.123. The third-order valence-electron chi connectivity index (χ3n) is 5.01. The molecular formula is C25H20BrNO7S. The maximum atomic E-state index is 12.9. The topological polar surface area (TPSA) is 95.3 Å². The number of rotatable bonds is 8. The van der Waals surface area contributed by atoms with Crippen LogP contribution < -0.4 is 9.47 Å². The lowest BCUT2D eigenvalue weighted by Crippen LogP contribution is -2.27. The van der Waals surface area contributed by atoms with E-state index in [4.69, 9.17) is 13.9 Å². The Morgan fingerprint density at radius 3 is 2.60 bits per heavy atom. The molecule has 4 rings (SSSR count). The Bertz CT molecular complexity index is 1300. The molecule has 0 aliphatic carbocycles. The van der Waals surface area contributed by atoms with Crippen LogP contribution in [0.25, 0.3) is 6.08 Å². The number of amides is 2. The van der Waals surface area contributed by atoms with Gasteiger partial charge in [-0.15, -0.1) is 0 Å². The molecule has 180 valence electrons. The molecule has 1 fully saturated rings. The highest BCUT2D eigenvalue weighted by Crippen LogP contribution is 2.39. The summed E-state index contributed by atoms with van der Waals surface area (Å²) >= 11 is 4.33. The zero-order valence-corrected chi connectivity index (χ0v) is 21.2. The first-order chi connectivity index (χ1) is 16.9. The van der Waals surface area contributed by atoms with E-state index in [-0.39, 0.29) is 17.2 Å². The van der Waals surface area contributed by atoms with Gasteiger partial charge in [-0.1, -0.05) is 30.3 Å². The van der Waals surface area contributed by atoms with Crippen LogP contribution in [0.5, 0.6) is 11.5 Å². The minimum atomic E-state index is -0.638. The summed E-state index contributed by atoms with van der Waals surface area (Å²) in [4.78, 5) is 38.3. The summed E-state index contributed by atoms with van der Waals surface area (Å²) in [5, 5.41) is -0.439. The zero-order valence-electron chi connectivity index (χ0n) is 18.8. The second kappa shape index (κ2) is 10.8. The SMILES string of the molecule is COC(=O)c1ccc(CN2C(=O)S/C(=C/c3cc(Br)c(OCc4ccccc4)c(OC)c3)C2=O)o1. The fraction of sp³-hybridized carbons (Fsp3) is 0.160. The fourth-order valence-electron chi connectivity index (χ4n) is 3.31. The molecule has 2 heterocycles. The molecule has 2 aromatic carbocycles. The summed E-state index contributed by atoms with van der Waals surface area (Å²) in [6.07, 6.45) is 1.61. The number of nitrogens with zero attached hydrogens (tertiary/aromatic N) is 1. The predicted octanol–water partition coefficient (Wildman–Crippen LogP) is 5.65. The van der Waals surface area contributed by atoms with Crippen molar-refractivity contribution in [1.82, 2.24) is 4.90 Å². The van der Waals surface area contributed by atoms with E-state index in [9.17, 15) is 14.4 Å². The largest absolute Gasteiger partial charge is 0.493 e. The van der Waals surface area contributed by atoms with Crippen LogP contribution in [-0.2, 0) is 22.7 Å². The van der Waals surface area contributed by atoms with Crippen molar-refractivity contribution in [3.05, 3.63) is 86.6 Å². The molecule has 35 heavy (non-hydrogen) atoms. The van der Waals surface area contributed by atoms with Gasteiger partial charge in [0.2, 0.25) is 5.76 Å². The number of halogens is 1. The van der Waals surface area contributed by atoms with E-state index in [0.717, 1.165) is 22.2 Å². The van der Waals surface area contributed by atoms with Crippen LogP contribution in [-0.4, -0.2) is 36.2 Å². The Morgan fingerprint density at radius 1 is 1.11 bits per heavy atom. The first-order valence-electron chi connectivity index (χ1n) is 10.4. The Kier molecular flexibility index (Phi) is 7.62. The number of ether oxygens (including phenoxy) is 3. The molecule has 0 bridgehead atoms. The smallest absolute Gasteiger partial charge is 0.373 e. The highest BCUT2D eigenvalue weighted by Gasteiger charge is 2.36. The van der Waals surface area contributed by atoms with Crippen LogP contribution in [0.1, 0.15) is 27.4 Å². The molecule has 8 nitrogen and oxygen atoms in total. The summed E-state index contributed by atoms with van der Waals surface area (Å²) in [5.74, 6) is 0.193. The highest BCUT2D eigenvalue weighted by molar-refractivity contribution is 9.10. The van der Waals surface area contributed by atoms with Gasteiger partial charge in [-0.25, -0.2) is 4.79 Å². The number of benzene rings is 2. The zero-order chi connectivity index (χ0) is 24.9. The summed E-state index contributed by atoms with van der Waals surface area (Å²) in [6, 6.07) is 16.2. The molecule has 0 saturated carbocycles. The number of hydrogen-bond donors (Lipinski definition) is 0. The average molecular weight is 558 g/mol. The van der Waals surface area contributed by atoms with Crippen molar-refractivity contribution in [3.63, 3.8) is 0 Å². The molecule has 0 unspecified atom stereocenters. The van der Waals surface area contributed by atoms with Crippen molar-refractivity contribution in [2.24, 2.45) is 0 Å². The fourth-order valence-corrected chi connectivity index (χ4v) is 4.72. The Hall–Kier alpha value is -3.50. The third kappa shape index (κ3) is 5.60. The van der Waals surface area contributed by atoms with E-state index in [1.807, 2.05) is 30.3 Å². The summed E-state index contributed by atoms with van der Waals surface area (Å²) < 4.78 is 22.1. The van der Waals surface area contributed by atoms with E-state index in [1.54, 1.807) is 18.2 Å². The van der Waals surface area contributed by atoms with Crippen LogP contribution in [0, 0.1) is 0 Å². The van der Waals surface area contributed by atoms with E-state index >= 15 is 0 Å². The monoisotopic (exact) mass is 557 g/mol. The number of imide groups is 1. The summed E-state index contributed by atoms with van der Waals surface area (Å²) in [5.41, 5.74) is 1.66. The molecule has 1 aliphatic heterocycles. The average Bonchev–Trinajstić information content (AvgIpc) is 3.43. The van der Waals surface area contributed by atoms with Gasteiger partial charge >= 0.3 is 5.97 Å². The van der Waals surface area contributed by atoms with E-state index < -0.39 is 17.1 Å². The van der Waals surface area contributed by atoms with Gasteiger partial charge in [0.15, 0.2) is 11.5 Å². The molecule has 0 atom stereocenters. The lowest BCUT2D eigenvalue weighted by atomic mass is 10.1. The molecule has 2 amide bonds. The number of esters is 1. The standard InChI is InChI=1S/C25H20BrNO7S/c1-31-20-11-16(10-18(26)22(20)33-14-15-6-4-3-5-7-15)12-21-23(28)27(25(30)35-21)13-17-8-9-19(34-17)24(29)32-2/h3-12H,13-14H2,1-2H3/b21-12+. The molecule has 0 spiro atoms. The Balaban J connectivity index is 1.51. The van der Waals surface area contributed by atoms with Crippen molar-refractivity contribution in [2.45, 2.75) is 13.2 Å². The number of methoxy groups -OCH3 is 2. The molecule has 0 radical (unpaired) electrons. The van der Waals surface area contributed by atoms with E-state index in [2.05, 4.69) is 20.7 Å². The Labute approximate surface area is 214 Å². The van der Waals surface area contributed by atoms with Crippen molar-refractivity contribution >= 4 is 50.9 Å². The van der Waals surface area contributed by atoms with Crippen LogP contribution >= 0.6 is 27.7 Å². The Morgan fingerprint density at radius 2 is 1.89 bits per heavy atom. The van der Waals surface area contributed by atoms with Gasteiger partial charge in [0.25, 0.3) is 11.1 Å². The van der Waals surface area contributed by atoms with Gasteiger partial charge in [-0.2, -0.15) is 0 Å². The van der Waals surface area contributed by atoms with Gasteiger partial charge in [0.1, 0.15) is 12.4 Å². The van der Waals surface area contributed by atoms with E-state index in [1.165, 1.54) is 26.4 Å². The normalized spacial score (nSPS) is 14.5. The summed E-state index contributed by atoms with van der Waals surface area (Å²) in [7, 11) is 2.77. The van der Waals surface area contributed by atoms with Crippen LogP contribution in [0.4, 0.5) is 4.79 Å². The van der Waals surface area contributed by atoms with Crippen molar-refractivity contribution < 1.29 is 33.0 Å². The quantitative estimate of drug-likeness (QED) is 0.259. The number of carbonyl (C=O) groups excluding carboxylic acids is 3. The number of hydrogen-bond acceptors (Lipinski definition) is 8. The number of furan rings is 1. The van der Waals surface area contributed by atoms with Gasteiger partial charge in [-0.05, 0) is 69.2 Å². The second-order valence-electron chi connectivity index (χ2n) is 7.33. The second-order valence-corrected chi connectivity index (χ2v) is 9.18. The van der Waals surface area contributed by atoms with Crippen molar-refractivity contribution in [2.75, 3.05) is 14.2 Å². The molecular weight excluding hydrogens is 538 g/mol. The first-order valence-corrected chi connectivity index (χ1v) is 12.0. The molecule has 3 aromatic rings. The molecule has 10 heteroatoms. The van der Waals surface area contributed by atoms with Crippen LogP contribution in [0.2, 0.25) is 0 Å². The minimum absolute atomic E-state index is 0.00321. The van der Waals surface area contributed by atoms with Gasteiger partial charge < -0.3 is 18.6 Å². The van der Waals surface area contributed by atoms with Crippen LogP contribution in [0.3, 0.4) is 0 Å². The lowest BCUT2D eigenvalue weighted by Gasteiger charge is -2.14. The van der Waals surface area contributed by atoms with Crippen molar-refractivity contribution in [1.29, 1.82) is 0 Å².